The van der Waals surface area contributed by atoms with E-state index in [1.165, 1.54) is 11.8 Å². The Kier molecular flexibility index (Phi) is 4.34. The molecule has 23 heavy (non-hydrogen) atoms. The van der Waals surface area contributed by atoms with Gasteiger partial charge in [0.05, 0.1) is 5.25 Å². The number of carbonyl (C=O) groups is 1. The molecule has 0 radical (unpaired) electrons. The van der Waals surface area contributed by atoms with E-state index in [0.29, 0.717) is 5.16 Å². The molecule has 0 aliphatic carbocycles. The minimum atomic E-state index is -0.276. The number of hydrogen-bond acceptors (Lipinski definition) is 4. The van der Waals surface area contributed by atoms with Gasteiger partial charge in [0.25, 0.3) is 0 Å². The molecule has 3 aromatic rings. The Balaban J connectivity index is 1.75. The Labute approximate surface area is 139 Å². The van der Waals surface area contributed by atoms with Crippen molar-refractivity contribution in [1.82, 2.24) is 14.6 Å². The fourth-order valence-corrected chi connectivity index (χ4v) is 3.19. The molecule has 1 aromatic carbocycles. The summed E-state index contributed by atoms with van der Waals surface area (Å²) in [5, 5.41) is 11.7. The van der Waals surface area contributed by atoms with Crippen LogP contribution in [0.25, 0.3) is 5.65 Å². The van der Waals surface area contributed by atoms with Gasteiger partial charge in [0, 0.05) is 11.9 Å². The topological polar surface area (TPSA) is 59.3 Å². The van der Waals surface area contributed by atoms with Gasteiger partial charge in [0.1, 0.15) is 0 Å². The van der Waals surface area contributed by atoms with Crippen LogP contribution in [0.2, 0.25) is 0 Å². The third kappa shape index (κ3) is 3.22. The van der Waals surface area contributed by atoms with E-state index in [4.69, 9.17) is 0 Å². The highest BCUT2D eigenvalue weighted by Gasteiger charge is 2.19. The SMILES string of the molecule is Cc1cccc(C)c1NC(=O)[C@H](C)Sc1nnc2ccccn12. The third-order valence-electron chi connectivity index (χ3n) is 3.66. The van der Waals surface area contributed by atoms with Gasteiger partial charge in [0.2, 0.25) is 5.91 Å². The van der Waals surface area contributed by atoms with E-state index in [0.717, 1.165) is 22.5 Å². The number of nitrogens with zero attached hydrogens (tertiary/aromatic N) is 3. The molecule has 0 unspecified atom stereocenters. The van der Waals surface area contributed by atoms with Crippen LogP contribution in [0.1, 0.15) is 18.1 Å². The highest BCUT2D eigenvalue weighted by atomic mass is 32.2. The summed E-state index contributed by atoms with van der Waals surface area (Å²) in [6.45, 7) is 5.86. The molecule has 2 heterocycles. The Morgan fingerprint density at radius 2 is 1.87 bits per heavy atom. The summed E-state index contributed by atoms with van der Waals surface area (Å²) in [6.07, 6.45) is 1.90. The number of anilines is 1. The minimum absolute atomic E-state index is 0.0416. The maximum Gasteiger partial charge on any atom is 0.237 e. The summed E-state index contributed by atoms with van der Waals surface area (Å²) in [6, 6.07) is 11.7. The number of amides is 1. The molecular formula is C17H18N4OS. The second kappa shape index (κ2) is 6.42. The van der Waals surface area contributed by atoms with Crippen molar-refractivity contribution in [2.75, 3.05) is 5.32 Å². The van der Waals surface area contributed by atoms with Crippen molar-refractivity contribution in [2.45, 2.75) is 31.2 Å². The lowest BCUT2D eigenvalue weighted by molar-refractivity contribution is -0.115. The van der Waals surface area contributed by atoms with Gasteiger partial charge in [0.15, 0.2) is 10.8 Å². The van der Waals surface area contributed by atoms with Gasteiger partial charge in [-0.25, -0.2) is 0 Å². The summed E-state index contributed by atoms with van der Waals surface area (Å²) in [4.78, 5) is 12.5. The number of hydrogen-bond donors (Lipinski definition) is 1. The first-order valence-corrected chi connectivity index (χ1v) is 8.27. The molecule has 6 heteroatoms. The number of rotatable bonds is 4. The number of thioether (sulfide) groups is 1. The number of carbonyl (C=O) groups excluding carboxylic acids is 1. The fourth-order valence-electron chi connectivity index (χ4n) is 2.35. The van der Waals surface area contributed by atoms with E-state index in [-0.39, 0.29) is 11.2 Å². The average molecular weight is 326 g/mol. The van der Waals surface area contributed by atoms with Gasteiger partial charge in [-0.2, -0.15) is 0 Å². The van der Waals surface area contributed by atoms with Crippen LogP contribution in [0.15, 0.2) is 47.8 Å². The monoisotopic (exact) mass is 326 g/mol. The predicted octanol–water partition coefficient (Wildman–Crippen LogP) is 3.47. The molecule has 1 amide bonds. The van der Waals surface area contributed by atoms with E-state index in [1.54, 1.807) is 0 Å². The van der Waals surface area contributed by atoms with Crippen LogP contribution in [0.4, 0.5) is 5.69 Å². The Morgan fingerprint density at radius 3 is 2.61 bits per heavy atom. The molecule has 5 nitrogen and oxygen atoms in total. The molecule has 0 aliphatic rings. The normalized spacial score (nSPS) is 12.3. The molecule has 118 valence electrons. The zero-order valence-electron chi connectivity index (χ0n) is 13.3. The number of benzene rings is 1. The largest absolute Gasteiger partial charge is 0.325 e. The molecule has 0 saturated heterocycles. The van der Waals surface area contributed by atoms with Crippen molar-refractivity contribution in [3.05, 3.63) is 53.7 Å². The summed E-state index contributed by atoms with van der Waals surface area (Å²) in [5.41, 5.74) is 3.78. The van der Waals surface area contributed by atoms with Crippen molar-refractivity contribution in [2.24, 2.45) is 0 Å². The second-order valence-corrected chi connectivity index (χ2v) is 6.74. The number of pyridine rings is 1. The lowest BCUT2D eigenvalue weighted by atomic mass is 10.1. The average Bonchev–Trinajstić information content (AvgIpc) is 2.94. The van der Waals surface area contributed by atoms with Crippen molar-refractivity contribution >= 4 is 29.0 Å². The molecule has 0 aliphatic heterocycles. The van der Waals surface area contributed by atoms with Gasteiger partial charge in [-0.1, -0.05) is 36.0 Å². The third-order valence-corrected chi connectivity index (χ3v) is 4.72. The summed E-state index contributed by atoms with van der Waals surface area (Å²) < 4.78 is 1.88. The van der Waals surface area contributed by atoms with E-state index in [1.807, 2.05) is 67.8 Å². The van der Waals surface area contributed by atoms with Crippen LogP contribution >= 0.6 is 11.8 Å². The number of aromatic nitrogens is 3. The first kappa shape index (κ1) is 15.6. The van der Waals surface area contributed by atoms with Gasteiger partial charge >= 0.3 is 0 Å². The molecular weight excluding hydrogens is 308 g/mol. The molecule has 3 rings (SSSR count). The predicted molar refractivity (Wildman–Crippen MR) is 92.9 cm³/mol. The fraction of sp³-hybridized carbons (Fsp3) is 0.235. The smallest absolute Gasteiger partial charge is 0.237 e. The van der Waals surface area contributed by atoms with Crippen LogP contribution in [0.5, 0.6) is 0 Å². The summed E-state index contributed by atoms with van der Waals surface area (Å²) in [7, 11) is 0. The van der Waals surface area contributed by atoms with Crippen molar-refractivity contribution in [3.63, 3.8) is 0 Å². The maximum atomic E-state index is 12.5. The molecule has 1 atom stereocenters. The zero-order valence-corrected chi connectivity index (χ0v) is 14.1. The van der Waals surface area contributed by atoms with Crippen LogP contribution in [-0.4, -0.2) is 25.8 Å². The number of nitrogens with one attached hydrogen (secondary N) is 1. The van der Waals surface area contributed by atoms with E-state index >= 15 is 0 Å². The Morgan fingerprint density at radius 1 is 1.13 bits per heavy atom. The highest BCUT2D eigenvalue weighted by Crippen LogP contribution is 2.25. The number of fused-ring (bicyclic) bond motifs is 1. The van der Waals surface area contributed by atoms with E-state index in [9.17, 15) is 4.79 Å². The molecule has 2 aromatic heterocycles. The Bertz CT molecular complexity index is 838. The minimum Gasteiger partial charge on any atom is -0.325 e. The molecule has 0 spiro atoms. The van der Waals surface area contributed by atoms with Crippen LogP contribution in [0, 0.1) is 13.8 Å². The second-order valence-electron chi connectivity index (χ2n) is 5.43. The lowest BCUT2D eigenvalue weighted by Gasteiger charge is -2.14. The quantitative estimate of drug-likeness (QED) is 0.746. The van der Waals surface area contributed by atoms with Gasteiger partial charge in [-0.05, 0) is 44.0 Å². The maximum absolute atomic E-state index is 12.5. The lowest BCUT2D eigenvalue weighted by Crippen LogP contribution is -2.23. The van der Waals surface area contributed by atoms with Crippen LogP contribution in [-0.2, 0) is 4.79 Å². The molecule has 0 bridgehead atoms. The van der Waals surface area contributed by atoms with Crippen molar-refractivity contribution < 1.29 is 4.79 Å². The number of aryl methyl sites for hydroxylation is 2. The van der Waals surface area contributed by atoms with Crippen molar-refractivity contribution in [3.8, 4) is 0 Å². The summed E-state index contributed by atoms with van der Waals surface area (Å²) in [5.74, 6) is -0.0416. The molecule has 0 fully saturated rings. The van der Waals surface area contributed by atoms with Crippen LogP contribution < -0.4 is 5.32 Å². The van der Waals surface area contributed by atoms with Crippen LogP contribution in [0.3, 0.4) is 0 Å². The first-order valence-electron chi connectivity index (χ1n) is 7.40. The van der Waals surface area contributed by atoms with Gasteiger partial charge in [-0.3, -0.25) is 9.20 Å². The first-order chi connectivity index (χ1) is 11.1. The zero-order chi connectivity index (χ0) is 16.4. The molecule has 0 saturated carbocycles. The van der Waals surface area contributed by atoms with Gasteiger partial charge in [-0.15, -0.1) is 10.2 Å². The molecule has 1 N–H and O–H groups in total. The van der Waals surface area contributed by atoms with E-state index in [2.05, 4.69) is 15.5 Å². The number of para-hydroxylation sites is 1. The Hall–Kier alpha value is -2.34. The van der Waals surface area contributed by atoms with Crippen molar-refractivity contribution in [1.29, 1.82) is 0 Å². The van der Waals surface area contributed by atoms with Gasteiger partial charge < -0.3 is 5.32 Å². The summed E-state index contributed by atoms with van der Waals surface area (Å²) >= 11 is 1.40. The highest BCUT2D eigenvalue weighted by molar-refractivity contribution is 8.00. The standard InChI is InChI=1S/C17H18N4OS/c1-11-7-6-8-12(2)15(11)18-16(22)13(3)23-17-20-19-14-9-4-5-10-21(14)17/h4-10,13H,1-3H3,(H,18,22)/t13-/m0/s1. The van der Waals surface area contributed by atoms with E-state index < -0.39 is 0 Å².